The molecule has 5 rings (SSSR count). The van der Waals surface area contributed by atoms with Gasteiger partial charge in [0, 0.05) is 11.6 Å². The molecule has 0 bridgehead atoms. The first-order valence-corrected chi connectivity index (χ1v) is 13.6. The van der Waals surface area contributed by atoms with Crippen molar-refractivity contribution < 1.29 is 68.6 Å². The maximum atomic E-state index is 13.1. The maximum absolute atomic E-state index is 13.1. The number of aliphatic hydroxyl groups excluding tert-OH is 6. The first-order valence-electron chi connectivity index (χ1n) is 13.6. The molecule has 240 valence electrons. The average molecular weight is 623 g/mol. The van der Waals surface area contributed by atoms with Gasteiger partial charge in [-0.1, -0.05) is 0 Å². The Labute approximate surface area is 249 Å². The molecule has 2 fully saturated rings. The molecule has 2 aliphatic rings. The Kier molecular flexibility index (Phi) is 9.31. The first-order chi connectivity index (χ1) is 20.9. The van der Waals surface area contributed by atoms with Gasteiger partial charge in [-0.25, -0.2) is 0 Å². The first kappa shape index (κ1) is 31.9. The third-order valence-corrected chi connectivity index (χ3v) is 7.64. The number of hydrogen-bond donors (Lipinski definition) is 7. The van der Waals surface area contributed by atoms with E-state index in [0.717, 1.165) is 0 Å². The minimum atomic E-state index is -1.81. The van der Waals surface area contributed by atoms with Crippen molar-refractivity contribution in [2.24, 2.45) is 0 Å². The highest BCUT2D eigenvalue weighted by Crippen LogP contribution is 2.44. The Hall–Kier alpha value is -3.51. The lowest BCUT2D eigenvalue weighted by atomic mass is 9.98. The minimum Gasteiger partial charge on any atom is -0.502 e. The molecule has 15 nitrogen and oxygen atoms in total. The van der Waals surface area contributed by atoms with Crippen LogP contribution in [-0.2, 0) is 14.2 Å². The molecule has 0 aliphatic carbocycles. The van der Waals surface area contributed by atoms with Crippen LogP contribution in [0.3, 0.4) is 0 Å². The third-order valence-electron chi connectivity index (χ3n) is 7.64. The van der Waals surface area contributed by atoms with E-state index in [-0.39, 0.29) is 28.2 Å². The van der Waals surface area contributed by atoms with E-state index < -0.39 is 79.2 Å². The fourth-order valence-electron chi connectivity index (χ4n) is 5.03. The molecule has 0 saturated carbocycles. The van der Waals surface area contributed by atoms with Crippen molar-refractivity contribution >= 4 is 11.0 Å². The molecule has 0 spiro atoms. The van der Waals surface area contributed by atoms with E-state index in [1.165, 1.54) is 33.3 Å². The lowest BCUT2D eigenvalue weighted by molar-refractivity contribution is -0.318. The molecule has 10 atom stereocenters. The predicted octanol–water partition coefficient (Wildman–Crippen LogP) is -0.787. The Bertz CT molecular complexity index is 1510. The van der Waals surface area contributed by atoms with Gasteiger partial charge in [0.15, 0.2) is 23.1 Å². The van der Waals surface area contributed by atoms with Crippen LogP contribution in [-0.4, -0.2) is 118 Å². The summed E-state index contributed by atoms with van der Waals surface area (Å²) in [5.41, 5.74) is -0.208. The Morgan fingerprint density at radius 2 is 1.45 bits per heavy atom. The summed E-state index contributed by atoms with van der Waals surface area (Å²) in [7, 11) is 2.73. The maximum Gasteiger partial charge on any atom is 0.229 e. The fraction of sp³-hybridized carbons (Fsp3) is 0.483. The highest BCUT2D eigenvalue weighted by Gasteiger charge is 2.47. The highest BCUT2D eigenvalue weighted by molar-refractivity contribution is 5.89. The van der Waals surface area contributed by atoms with E-state index in [2.05, 4.69) is 0 Å². The smallest absolute Gasteiger partial charge is 0.229 e. The summed E-state index contributed by atoms with van der Waals surface area (Å²) in [5, 5.41) is 72.7. The van der Waals surface area contributed by atoms with Gasteiger partial charge < -0.3 is 68.6 Å². The SMILES string of the molecule is COc1ccc(-c2cc(=O)c3cc(O[C@@H]4OC(CO[C@@H]5OC(C)[C@H](O)C(O)[C@@H]5O)[C@@H](O)[C@H](O)C4O)c(OC)c(O)c3o2)cc1. The van der Waals surface area contributed by atoms with Gasteiger partial charge >= 0.3 is 0 Å². The van der Waals surface area contributed by atoms with Crippen molar-refractivity contribution in [3.63, 3.8) is 0 Å². The number of aliphatic hydroxyl groups is 6. The average Bonchev–Trinajstić information content (AvgIpc) is 3.02. The minimum absolute atomic E-state index is 0.0976. The summed E-state index contributed by atoms with van der Waals surface area (Å²) in [4.78, 5) is 13.1. The van der Waals surface area contributed by atoms with Gasteiger partial charge in [-0.05, 0) is 37.3 Å². The Morgan fingerprint density at radius 3 is 2.11 bits per heavy atom. The van der Waals surface area contributed by atoms with Crippen LogP contribution in [0.2, 0.25) is 0 Å². The number of rotatable bonds is 8. The van der Waals surface area contributed by atoms with Crippen LogP contribution in [0.4, 0.5) is 0 Å². The van der Waals surface area contributed by atoms with E-state index >= 15 is 0 Å². The van der Waals surface area contributed by atoms with Gasteiger partial charge in [-0.15, -0.1) is 0 Å². The van der Waals surface area contributed by atoms with Crippen LogP contribution in [0.15, 0.2) is 45.6 Å². The van der Waals surface area contributed by atoms with Crippen molar-refractivity contribution in [1.82, 2.24) is 0 Å². The predicted molar refractivity (Wildman–Crippen MR) is 148 cm³/mol. The van der Waals surface area contributed by atoms with Crippen molar-refractivity contribution in [2.45, 2.75) is 68.3 Å². The number of ether oxygens (including phenoxy) is 6. The standard InChI is InChI=1S/C29H34O15/c1-11-19(31)21(33)23(35)28(41-11)40-10-18-20(32)22(34)24(36)29(44-18)43-17-8-14-15(30)9-16(12-4-6-13(38-2)7-5-12)42-26(14)25(37)27(17)39-3/h4-9,11,18-24,28-29,31-37H,10H2,1-3H3/t11?,18?,19-,20+,21?,22-,23-,24?,28+,29+/m0/s1. The fourth-order valence-corrected chi connectivity index (χ4v) is 5.03. The summed E-state index contributed by atoms with van der Waals surface area (Å²) in [6.07, 6.45) is -15.2. The molecule has 7 N–H and O–H groups in total. The second kappa shape index (κ2) is 12.8. The van der Waals surface area contributed by atoms with Gasteiger partial charge in [-0.2, -0.15) is 0 Å². The molecule has 2 saturated heterocycles. The van der Waals surface area contributed by atoms with Gasteiger partial charge in [-0.3, -0.25) is 4.79 Å². The van der Waals surface area contributed by atoms with E-state index in [1.54, 1.807) is 24.3 Å². The zero-order chi connectivity index (χ0) is 31.9. The molecule has 0 amide bonds. The number of benzene rings is 2. The monoisotopic (exact) mass is 622 g/mol. The van der Waals surface area contributed by atoms with Crippen LogP contribution >= 0.6 is 0 Å². The van der Waals surface area contributed by atoms with Crippen LogP contribution in [0.1, 0.15) is 6.92 Å². The second-order valence-corrected chi connectivity index (χ2v) is 10.5. The molecule has 1 aromatic heterocycles. The summed E-state index contributed by atoms with van der Waals surface area (Å²) >= 11 is 0. The summed E-state index contributed by atoms with van der Waals surface area (Å²) in [5.74, 6) is -0.375. The number of phenolic OH excluding ortho intramolecular Hbond substituents is 1. The normalized spacial score (nSPS) is 32.4. The van der Waals surface area contributed by atoms with Crippen molar-refractivity contribution in [2.75, 3.05) is 20.8 Å². The number of methoxy groups -OCH3 is 2. The van der Waals surface area contributed by atoms with E-state index in [4.69, 9.17) is 32.8 Å². The Morgan fingerprint density at radius 1 is 0.795 bits per heavy atom. The van der Waals surface area contributed by atoms with E-state index in [0.29, 0.717) is 11.3 Å². The molecule has 2 aromatic carbocycles. The Balaban J connectivity index is 1.39. The highest BCUT2D eigenvalue weighted by atomic mass is 16.7. The number of aromatic hydroxyl groups is 1. The third kappa shape index (κ3) is 5.93. The van der Waals surface area contributed by atoms with E-state index in [1.807, 2.05) is 0 Å². The number of phenols is 1. The zero-order valence-electron chi connectivity index (χ0n) is 23.8. The topological polar surface area (TPSA) is 227 Å². The van der Waals surface area contributed by atoms with Crippen LogP contribution < -0.4 is 19.6 Å². The molecule has 3 heterocycles. The quantitative estimate of drug-likeness (QED) is 0.163. The summed E-state index contributed by atoms with van der Waals surface area (Å²) in [6.45, 7) is 0.943. The van der Waals surface area contributed by atoms with Crippen molar-refractivity contribution in [3.8, 4) is 34.3 Å². The molecule has 3 aromatic rings. The van der Waals surface area contributed by atoms with Crippen LogP contribution in [0, 0.1) is 0 Å². The zero-order valence-corrected chi connectivity index (χ0v) is 23.8. The molecule has 44 heavy (non-hydrogen) atoms. The van der Waals surface area contributed by atoms with Crippen LogP contribution in [0.25, 0.3) is 22.3 Å². The molecular weight excluding hydrogens is 588 g/mol. The van der Waals surface area contributed by atoms with Gasteiger partial charge in [0.05, 0.1) is 32.3 Å². The lowest BCUT2D eigenvalue weighted by Gasteiger charge is -2.42. The lowest BCUT2D eigenvalue weighted by Crippen LogP contribution is -2.61. The molecular formula is C29H34O15. The number of hydrogen-bond acceptors (Lipinski definition) is 15. The van der Waals surface area contributed by atoms with Crippen molar-refractivity contribution in [3.05, 3.63) is 46.6 Å². The van der Waals surface area contributed by atoms with Gasteiger partial charge in [0.1, 0.15) is 54.2 Å². The molecule has 4 unspecified atom stereocenters. The summed E-state index contributed by atoms with van der Waals surface area (Å²) < 4.78 is 38.5. The van der Waals surface area contributed by atoms with Crippen molar-refractivity contribution in [1.29, 1.82) is 0 Å². The number of fused-ring (bicyclic) bond motifs is 1. The second-order valence-electron chi connectivity index (χ2n) is 10.5. The molecule has 15 heteroatoms. The van der Waals surface area contributed by atoms with Crippen LogP contribution in [0.5, 0.6) is 23.0 Å². The molecule has 0 radical (unpaired) electrons. The molecule has 2 aliphatic heterocycles. The largest absolute Gasteiger partial charge is 0.502 e. The van der Waals surface area contributed by atoms with Gasteiger partial charge in [0.2, 0.25) is 17.8 Å². The van der Waals surface area contributed by atoms with Gasteiger partial charge in [0.25, 0.3) is 0 Å². The summed E-state index contributed by atoms with van der Waals surface area (Å²) in [6, 6.07) is 9.12. The van der Waals surface area contributed by atoms with E-state index in [9.17, 15) is 40.5 Å².